The maximum Gasteiger partial charge on any atom is 0.224 e. The second-order valence-electron chi connectivity index (χ2n) is 4.01. The van der Waals surface area contributed by atoms with Gasteiger partial charge in [0, 0.05) is 23.1 Å². The summed E-state index contributed by atoms with van der Waals surface area (Å²) < 4.78 is 0. The van der Waals surface area contributed by atoms with Crippen molar-refractivity contribution in [3.05, 3.63) is 33.8 Å². The first-order chi connectivity index (χ1) is 8.63. The van der Waals surface area contributed by atoms with Gasteiger partial charge in [0.2, 0.25) is 5.91 Å². The molecule has 0 aliphatic heterocycles. The van der Waals surface area contributed by atoms with Crippen molar-refractivity contribution in [2.45, 2.75) is 19.8 Å². The minimum absolute atomic E-state index is 0.0440. The Morgan fingerprint density at radius 2 is 2.00 bits per heavy atom. The average Bonchev–Trinajstić information content (AvgIpc) is 2.33. The summed E-state index contributed by atoms with van der Waals surface area (Å²) in [5.74, 6) is -0.0440. The van der Waals surface area contributed by atoms with Gasteiger partial charge < -0.3 is 10.6 Å². The van der Waals surface area contributed by atoms with Crippen molar-refractivity contribution in [2.75, 3.05) is 19.6 Å². The zero-order chi connectivity index (χ0) is 13.4. The van der Waals surface area contributed by atoms with Crippen LogP contribution >= 0.6 is 23.2 Å². The lowest BCUT2D eigenvalue weighted by Crippen LogP contribution is -2.33. The number of benzene rings is 1. The quantitative estimate of drug-likeness (QED) is 0.758. The summed E-state index contributed by atoms with van der Waals surface area (Å²) in [5, 5.41) is 7.20. The highest BCUT2D eigenvalue weighted by molar-refractivity contribution is 6.33. The molecule has 1 aromatic rings. The van der Waals surface area contributed by atoms with Gasteiger partial charge in [0.15, 0.2) is 0 Å². The minimum atomic E-state index is -0.0440. The number of hydrogen-bond donors (Lipinski definition) is 2. The standard InChI is InChI=1S/C13H18Cl2N2O/c1-2-5-16-6-7-17-13(18)9-10-8-11(14)3-4-12(10)15/h3-4,8,16H,2,5-7,9H2,1H3,(H,17,18). The number of rotatable bonds is 7. The first kappa shape index (κ1) is 15.3. The fourth-order valence-electron chi connectivity index (χ4n) is 1.51. The van der Waals surface area contributed by atoms with Crippen molar-refractivity contribution in [1.29, 1.82) is 0 Å². The molecule has 0 heterocycles. The lowest BCUT2D eigenvalue weighted by Gasteiger charge is -2.07. The fraction of sp³-hybridized carbons (Fsp3) is 0.462. The van der Waals surface area contributed by atoms with Gasteiger partial charge in [-0.05, 0) is 36.7 Å². The molecule has 0 saturated carbocycles. The average molecular weight is 289 g/mol. The Kier molecular flexibility index (Phi) is 7.09. The van der Waals surface area contributed by atoms with Crippen LogP contribution in [0, 0.1) is 0 Å². The molecule has 0 fully saturated rings. The molecule has 1 amide bonds. The van der Waals surface area contributed by atoms with Crippen LogP contribution in [-0.2, 0) is 11.2 Å². The molecule has 5 heteroatoms. The van der Waals surface area contributed by atoms with Gasteiger partial charge in [-0.2, -0.15) is 0 Å². The monoisotopic (exact) mass is 288 g/mol. The highest BCUT2D eigenvalue weighted by atomic mass is 35.5. The molecule has 2 N–H and O–H groups in total. The normalized spacial score (nSPS) is 10.4. The molecule has 1 aromatic carbocycles. The van der Waals surface area contributed by atoms with Crippen LogP contribution in [-0.4, -0.2) is 25.5 Å². The molecule has 0 atom stereocenters. The van der Waals surface area contributed by atoms with Crippen molar-refractivity contribution in [2.24, 2.45) is 0 Å². The SMILES string of the molecule is CCCNCCNC(=O)Cc1cc(Cl)ccc1Cl. The predicted molar refractivity (Wildman–Crippen MR) is 76.3 cm³/mol. The molecule has 0 radical (unpaired) electrons. The number of halogens is 2. The zero-order valence-corrected chi connectivity index (χ0v) is 11.9. The van der Waals surface area contributed by atoms with E-state index in [1.165, 1.54) is 0 Å². The van der Waals surface area contributed by atoms with E-state index < -0.39 is 0 Å². The van der Waals surface area contributed by atoms with E-state index in [1.807, 2.05) is 0 Å². The van der Waals surface area contributed by atoms with E-state index in [2.05, 4.69) is 17.6 Å². The van der Waals surface area contributed by atoms with Gasteiger partial charge in [-0.1, -0.05) is 30.1 Å². The zero-order valence-electron chi connectivity index (χ0n) is 10.4. The summed E-state index contributed by atoms with van der Waals surface area (Å²) >= 11 is 11.9. The Morgan fingerprint density at radius 1 is 1.22 bits per heavy atom. The Balaban J connectivity index is 2.33. The lowest BCUT2D eigenvalue weighted by molar-refractivity contribution is -0.120. The van der Waals surface area contributed by atoms with E-state index in [0.29, 0.717) is 16.6 Å². The van der Waals surface area contributed by atoms with Crippen molar-refractivity contribution in [1.82, 2.24) is 10.6 Å². The van der Waals surface area contributed by atoms with E-state index in [4.69, 9.17) is 23.2 Å². The summed E-state index contributed by atoms with van der Waals surface area (Å²) in [6.45, 7) is 4.47. The molecule has 0 spiro atoms. The Morgan fingerprint density at radius 3 is 2.72 bits per heavy atom. The Hall–Kier alpha value is -0.770. The van der Waals surface area contributed by atoms with Gasteiger partial charge in [-0.3, -0.25) is 4.79 Å². The molecule has 0 bridgehead atoms. The highest BCUT2D eigenvalue weighted by Gasteiger charge is 2.07. The summed E-state index contributed by atoms with van der Waals surface area (Å²) in [6, 6.07) is 5.13. The molecule has 0 saturated heterocycles. The maximum absolute atomic E-state index is 11.7. The fourth-order valence-corrected chi connectivity index (χ4v) is 1.89. The van der Waals surface area contributed by atoms with Crippen LogP contribution in [0.1, 0.15) is 18.9 Å². The molecule has 0 aromatic heterocycles. The third-order valence-corrected chi connectivity index (χ3v) is 3.01. The van der Waals surface area contributed by atoms with E-state index >= 15 is 0 Å². The number of carbonyl (C=O) groups is 1. The summed E-state index contributed by atoms with van der Waals surface area (Å²) in [7, 11) is 0. The van der Waals surface area contributed by atoms with Gasteiger partial charge in [0.25, 0.3) is 0 Å². The third-order valence-electron chi connectivity index (χ3n) is 2.41. The van der Waals surface area contributed by atoms with Crippen molar-refractivity contribution in [3.8, 4) is 0 Å². The van der Waals surface area contributed by atoms with Crippen LogP contribution < -0.4 is 10.6 Å². The Bertz CT molecular complexity index is 397. The van der Waals surface area contributed by atoms with E-state index in [0.717, 1.165) is 25.1 Å². The van der Waals surface area contributed by atoms with Gasteiger partial charge in [-0.15, -0.1) is 0 Å². The van der Waals surface area contributed by atoms with Crippen LogP contribution in [0.5, 0.6) is 0 Å². The van der Waals surface area contributed by atoms with Gasteiger partial charge in [0.05, 0.1) is 6.42 Å². The molecular formula is C13H18Cl2N2O. The van der Waals surface area contributed by atoms with Crippen LogP contribution in [0.4, 0.5) is 0 Å². The van der Waals surface area contributed by atoms with Crippen molar-refractivity contribution >= 4 is 29.1 Å². The lowest BCUT2D eigenvalue weighted by atomic mass is 10.1. The number of carbonyl (C=O) groups excluding carboxylic acids is 1. The number of nitrogens with one attached hydrogen (secondary N) is 2. The smallest absolute Gasteiger partial charge is 0.224 e. The molecule has 0 aliphatic rings. The van der Waals surface area contributed by atoms with Gasteiger partial charge in [0.1, 0.15) is 0 Å². The molecule has 100 valence electrons. The van der Waals surface area contributed by atoms with Crippen molar-refractivity contribution in [3.63, 3.8) is 0 Å². The Labute approximate surface area is 118 Å². The molecule has 1 rings (SSSR count). The number of amides is 1. The van der Waals surface area contributed by atoms with Crippen LogP contribution in [0.25, 0.3) is 0 Å². The van der Waals surface area contributed by atoms with Crippen molar-refractivity contribution < 1.29 is 4.79 Å². The molecule has 3 nitrogen and oxygen atoms in total. The summed E-state index contributed by atoms with van der Waals surface area (Å²) in [4.78, 5) is 11.7. The summed E-state index contributed by atoms with van der Waals surface area (Å²) in [6.07, 6.45) is 1.35. The van der Waals surface area contributed by atoms with Crippen LogP contribution in [0.2, 0.25) is 10.0 Å². The minimum Gasteiger partial charge on any atom is -0.355 e. The van der Waals surface area contributed by atoms with Crippen LogP contribution in [0.3, 0.4) is 0 Å². The van der Waals surface area contributed by atoms with E-state index in [1.54, 1.807) is 18.2 Å². The maximum atomic E-state index is 11.7. The number of hydrogen-bond acceptors (Lipinski definition) is 2. The van der Waals surface area contributed by atoms with Crippen LogP contribution in [0.15, 0.2) is 18.2 Å². The molecule has 18 heavy (non-hydrogen) atoms. The van der Waals surface area contributed by atoms with E-state index in [-0.39, 0.29) is 12.3 Å². The molecule has 0 aliphatic carbocycles. The second kappa shape index (κ2) is 8.35. The first-order valence-corrected chi connectivity index (χ1v) is 6.80. The van der Waals surface area contributed by atoms with Gasteiger partial charge in [-0.25, -0.2) is 0 Å². The first-order valence-electron chi connectivity index (χ1n) is 6.04. The molecular weight excluding hydrogens is 271 g/mol. The van der Waals surface area contributed by atoms with Gasteiger partial charge >= 0.3 is 0 Å². The molecule has 0 unspecified atom stereocenters. The topological polar surface area (TPSA) is 41.1 Å². The summed E-state index contributed by atoms with van der Waals surface area (Å²) in [5.41, 5.74) is 0.753. The largest absolute Gasteiger partial charge is 0.355 e. The second-order valence-corrected chi connectivity index (χ2v) is 4.86. The highest BCUT2D eigenvalue weighted by Crippen LogP contribution is 2.20. The van der Waals surface area contributed by atoms with E-state index in [9.17, 15) is 4.79 Å². The predicted octanol–water partition coefficient (Wildman–Crippen LogP) is 2.65. The third kappa shape index (κ3) is 5.71.